The van der Waals surface area contributed by atoms with Crippen molar-refractivity contribution in [2.45, 2.75) is 197 Å². The number of esters is 3. The second-order valence-corrected chi connectivity index (χ2v) is 13.6. The number of carbonyl (C=O) groups excluding carboxylic acids is 3. The summed E-state index contributed by atoms with van der Waals surface area (Å²) in [6, 6.07) is 0. The molecule has 9 N–H and O–H groups in total. The summed E-state index contributed by atoms with van der Waals surface area (Å²) in [5.41, 5.74) is 0. The lowest BCUT2D eigenvalue weighted by molar-refractivity contribution is -0.159. The van der Waals surface area contributed by atoms with Crippen molar-refractivity contribution in [1.82, 2.24) is 0 Å². The quantitative estimate of drug-likeness (QED) is 0.0268. The highest BCUT2D eigenvalue weighted by molar-refractivity contribution is 5.71. The van der Waals surface area contributed by atoms with Gasteiger partial charge in [-0.25, -0.2) is 0 Å². The maximum atomic E-state index is 12.8. The molecule has 0 aromatic heterocycles. The lowest BCUT2D eigenvalue weighted by atomic mass is 10.0. The summed E-state index contributed by atoms with van der Waals surface area (Å²) >= 11 is 0. The highest BCUT2D eigenvalue weighted by Gasteiger charge is 2.31. The predicted octanol–water partition coefficient (Wildman–Crippen LogP) is 1.31. The maximum absolute atomic E-state index is 12.8. The summed E-state index contributed by atoms with van der Waals surface area (Å²) in [5.74, 6) is -2.35. The van der Waals surface area contributed by atoms with Gasteiger partial charge in [0.2, 0.25) is 0 Å². The molecule has 302 valence electrons. The molecule has 10 atom stereocenters. The monoisotopic (exact) mass is 740 g/mol. The SMILES string of the molecule is CCCCC[C@H](O)C[C@H](O)CC(=O)O[C@H](CCCCC)C[C@H](O)CC(=O)O[C@H](CCCCC)C[C@H](O)CC(=O)OC[C@H](O)[C@H](O)[C@@H](O)[C@@H](O)CO. The molecule has 15 nitrogen and oxygen atoms in total. The largest absolute Gasteiger partial charge is 0.463 e. The first kappa shape index (κ1) is 49.0. The van der Waals surface area contributed by atoms with E-state index in [9.17, 15) is 55.2 Å². The maximum Gasteiger partial charge on any atom is 0.308 e. The molecule has 0 aromatic rings. The molecule has 0 fully saturated rings. The van der Waals surface area contributed by atoms with Crippen molar-refractivity contribution < 1.29 is 74.6 Å². The van der Waals surface area contributed by atoms with Gasteiger partial charge in [-0.1, -0.05) is 65.7 Å². The van der Waals surface area contributed by atoms with Gasteiger partial charge in [-0.3, -0.25) is 14.4 Å². The molecular formula is C36H68O15. The summed E-state index contributed by atoms with van der Waals surface area (Å²) in [4.78, 5) is 37.7. The van der Waals surface area contributed by atoms with Crippen molar-refractivity contribution in [3.05, 3.63) is 0 Å². The first-order valence-electron chi connectivity index (χ1n) is 18.8. The molecule has 51 heavy (non-hydrogen) atoms. The smallest absolute Gasteiger partial charge is 0.308 e. The molecule has 0 aliphatic carbocycles. The van der Waals surface area contributed by atoms with E-state index in [1.165, 1.54) is 0 Å². The minimum absolute atomic E-state index is 0.0359. The normalized spacial score (nSPS) is 17.6. The molecule has 0 saturated carbocycles. The number of aliphatic hydroxyl groups is 9. The molecule has 0 rings (SSSR count). The van der Waals surface area contributed by atoms with E-state index in [0.29, 0.717) is 25.7 Å². The van der Waals surface area contributed by atoms with Gasteiger partial charge < -0.3 is 60.2 Å². The minimum Gasteiger partial charge on any atom is -0.463 e. The summed E-state index contributed by atoms with van der Waals surface area (Å²) in [5, 5.41) is 89.5. The highest BCUT2D eigenvalue weighted by atomic mass is 16.6. The fourth-order valence-corrected chi connectivity index (χ4v) is 5.56. The third kappa shape index (κ3) is 24.8. The molecule has 0 radical (unpaired) electrons. The second-order valence-electron chi connectivity index (χ2n) is 13.6. The number of rotatable bonds is 32. The Morgan fingerprint density at radius 1 is 0.490 bits per heavy atom. The fraction of sp³-hybridized carbons (Fsp3) is 0.917. The van der Waals surface area contributed by atoms with E-state index in [2.05, 4.69) is 0 Å². The van der Waals surface area contributed by atoms with Gasteiger partial charge in [0.1, 0.15) is 43.2 Å². The number of aliphatic hydroxyl groups excluding tert-OH is 9. The molecule has 0 aliphatic rings. The minimum atomic E-state index is -1.92. The molecule has 0 bridgehead atoms. The van der Waals surface area contributed by atoms with Crippen LogP contribution in [0.15, 0.2) is 0 Å². The molecule has 15 heteroatoms. The number of carbonyl (C=O) groups is 3. The van der Waals surface area contributed by atoms with Crippen LogP contribution in [0.3, 0.4) is 0 Å². The number of unbranched alkanes of at least 4 members (excludes halogenated alkanes) is 6. The van der Waals surface area contributed by atoms with Gasteiger partial charge in [0.05, 0.1) is 50.3 Å². The Morgan fingerprint density at radius 3 is 1.31 bits per heavy atom. The van der Waals surface area contributed by atoms with Crippen LogP contribution in [0.5, 0.6) is 0 Å². The molecule has 0 aromatic carbocycles. The van der Waals surface area contributed by atoms with Gasteiger partial charge in [-0.2, -0.15) is 0 Å². The lowest BCUT2D eigenvalue weighted by Crippen LogP contribution is -2.47. The van der Waals surface area contributed by atoms with Crippen LogP contribution < -0.4 is 0 Å². The van der Waals surface area contributed by atoms with Crippen molar-refractivity contribution in [3.63, 3.8) is 0 Å². The molecule has 0 saturated heterocycles. The lowest BCUT2D eigenvalue weighted by Gasteiger charge is -2.25. The third-order valence-corrected chi connectivity index (χ3v) is 8.56. The van der Waals surface area contributed by atoms with Crippen LogP contribution in [-0.4, -0.2) is 138 Å². The summed E-state index contributed by atoms with van der Waals surface area (Å²) in [6.07, 6.45) is -5.43. The Morgan fingerprint density at radius 2 is 0.882 bits per heavy atom. The number of hydrogen-bond acceptors (Lipinski definition) is 15. The van der Waals surface area contributed by atoms with Crippen molar-refractivity contribution in [2.24, 2.45) is 0 Å². The number of hydrogen-bond donors (Lipinski definition) is 9. The highest BCUT2D eigenvalue weighted by Crippen LogP contribution is 2.20. The van der Waals surface area contributed by atoms with Gasteiger partial charge in [0, 0.05) is 12.8 Å². The van der Waals surface area contributed by atoms with Crippen LogP contribution in [0.4, 0.5) is 0 Å². The van der Waals surface area contributed by atoms with Crippen LogP contribution in [-0.2, 0) is 28.6 Å². The summed E-state index contributed by atoms with van der Waals surface area (Å²) in [6.45, 7) is 4.43. The van der Waals surface area contributed by atoms with Gasteiger partial charge in [0.15, 0.2) is 0 Å². The molecule has 0 amide bonds. The van der Waals surface area contributed by atoms with E-state index in [1.807, 2.05) is 20.8 Å². The van der Waals surface area contributed by atoms with Crippen molar-refractivity contribution in [2.75, 3.05) is 13.2 Å². The van der Waals surface area contributed by atoms with Crippen molar-refractivity contribution >= 4 is 17.9 Å². The van der Waals surface area contributed by atoms with Gasteiger partial charge >= 0.3 is 17.9 Å². The number of ether oxygens (including phenoxy) is 3. The summed E-state index contributed by atoms with van der Waals surface area (Å²) in [7, 11) is 0. The Bertz CT molecular complexity index is 906. The van der Waals surface area contributed by atoms with Crippen LogP contribution >= 0.6 is 0 Å². The molecule has 0 spiro atoms. The van der Waals surface area contributed by atoms with E-state index in [0.717, 1.165) is 51.4 Å². The third-order valence-electron chi connectivity index (χ3n) is 8.56. The van der Waals surface area contributed by atoms with E-state index >= 15 is 0 Å². The molecule has 0 aliphatic heterocycles. The van der Waals surface area contributed by atoms with Gasteiger partial charge in [-0.05, 0) is 38.5 Å². The Balaban J connectivity index is 5.08. The van der Waals surface area contributed by atoms with E-state index < -0.39 is 105 Å². The standard InChI is InChI=1S/C36H68O15/c1-4-7-10-13-24(38)16-25(39)20-33(45)50-29(15-12-9-6-3)18-27(41)21-34(46)51-28(14-11-8-5-2)17-26(40)19-32(44)49-23-31(43)36(48)35(47)30(42)22-37/h24-31,35-43,47-48H,4-23H2,1-3H3/t24-,25-,26-,27-,28+,29+,30-,31-,35-,36-/m0/s1. The topological polar surface area (TPSA) is 261 Å². The predicted molar refractivity (Wildman–Crippen MR) is 186 cm³/mol. The van der Waals surface area contributed by atoms with Gasteiger partial charge in [0.25, 0.3) is 0 Å². The Kier molecular flexibility index (Phi) is 28.4. The summed E-state index contributed by atoms with van der Waals surface area (Å²) < 4.78 is 16.0. The average Bonchev–Trinajstić information content (AvgIpc) is 3.05. The van der Waals surface area contributed by atoms with Crippen LogP contribution in [0.25, 0.3) is 0 Å². The van der Waals surface area contributed by atoms with E-state index in [1.54, 1.807) is 0 Å². The van der Waals surface area contributed by atoms with Crippen LogP contribution in [0, 0.1) is 0 Å². The zero-order valence-electron chi connectivity index (χ0n) is 30.9. The zero-order chi connectivity index (χ0) is 38.8. The first-order valence-corrected chi connectivity index (χ1v) is 18.8. The fourth-order valence-electron chi connectivity index (χ4n) is 5.56. The van der Waals surface area contributed by atoms with Crippen molar-refractivity contribution in [1.29, 1.82) is 0 Å². The van der Waals surface area contributed by atoms with Crippen molar-refractivity contribution in [3.8, 4) is 0 Å². The van der Waals surface area contributed by atoms with Gasteiger partial charge in [-0.15, -0.1) is 0 Å². The van der Waals surface area contributed by atoms with E-state index in [-0.39, 0.29) is 25.7 Å². The van der Waals surface area contributed by atoms with Crippen LogP contribution in [0.2, 0.25) is 0 Å². The zero-order valence-corrected chi connectivity index (χ0v) is 30.9. The molecular weight excluding hydrogens is 672 g/mol. The van der Waals surface area contributed by atoms with E-state index in [4.69, 9.17) is 19.3 Å². The Labute approximate surface area is 302 Å². The first-order chi connectivity index (χ1) is 24.2. The Hall–Kier alpha value is -1.95. The second kappa shape index (κ2) is 29.5. The molecule has 0 unspecified atom stereocenters. The average molecular weight is 741 g/mol. The van der Waals surface area contributed by atoms with Crippen LogP contribution in [0.1, 0.15) is 136 Å². The molecule has 0 heterocycles.